The second-order valence-electron chi connectivity index (χ2n) is 6.41. The van der Waals surface area contributed by atoms with E-state index in [1.54, 1.807) is 24.0 Å². The van der Waals surface area contributed by atoms with Gasteiger partial charge >= 0.3 is 5.76 Å². The van der Waals surface area contributed by atoms with Crippen LogP contribution in [0.25, 0.3) is 11.1 Å². The lowest BCUT2D eigenvalue weighted by molar-refractivity contribution is -0.00260. The van der Waals surface area contributed by atoms with E-state index in [0.29, 0.717) is 12.1 Å². The van der Waals surface area contributed by atoms with E-state index in [2.05, 4.69) is 5.10 Å². The smallest absolute Gasteiger partial charge is 0.408 e. The number of sulfonamides is 1. The zero-order chi connectivity index (χ0) is 19.2. The van der Waals surface area contributed by atoms with E-state index in [0.717, 1.165) is 12.1 Å². The first kappa shape index (κ1) is 18.0. The first-order valence-electron chi connectivity index (χ1n) is 8.64. The van der Waals surface area contributed by atoms with Crippen LogP contribution in [0.5, 0.6) is 0 Å². The highest BCUT2D eigenvalue weighted by Crippen LogP contribution is 2.27. The number of ether oxygens (including phenoxy) is 1. The third-order valence-electron chi connectivity index (χ3n) is 4.78. The zero-order valence-electron chi connectivity index (χ0n) is 15.0. The topological polar surface area (TPSA) is 99.6 Å². The molecule has 9 nitrogen and oxygen atoms in total. The summed E-state index contributed by atoms with van der Waals surface area (Å²) in [5.74, 6) is -0.529. The number of oxazole rings is 1. The highest BCUT2D eigenvalue weighted by Gasteiger charge is 2.32. The second-order valence-corrected chi connectivity index (χ2v) is 8.35. The number of aromatic nitrogens is 3. The van der Waals surface area contributed by atoms with Gasteiger partial charge in [0.05, 0.1) is 29.3 Å². The lowest BCUT2D eigenvalue weighted by Crippen LogP contribution is -2.42. The molecule has 3 heterocycles. The number of hydrogen-bond donors (Lipinski definition) is 0. The van der Waals surface area contributed by atoms with Gasteiger partial charge in [0.1, 0.15) is 0 Å². The summed E-state index contributed by atoms with van der Waals surface area (Å²) >= 11 is 0. The summed E-state index contributed by atoms with van der Waals surface area (Å²) in [6, 6.07) is 4.47. The Morgan fingerprint density at radius 3 is 2.89 bits per heavy atom. The maximum Gasteiger partial charge on any atom is 0.419 e. The Labute approximate surface area is 155 Å². The fourth-order valence-corrected chi connectivity index (χ4v) is 4.63. The Morgan fingerprint density at radius 2 is 2.15 bits per heavy atom. The molecule has 0 spiro atoms. The van der Waals surface area contributed by atoms with Crippen molar-refractivity contribution in [2.75, 3.05) is 19.7 Å². The lowest BCUT2D eigenvalue weighted by atomic mass is 10.2. The molecule has 2 aromatic heterocycles. The van der Waals surface area contributed by atoms with Crippen LogP contribution in [0.3, 0.4) is 0 Å². The molecule has 1 aromatic carbocycles. The van der Waals surface area contributed by atoms with Crippen molar-refractivity contribution >= 4 is 21.1 Å². The van der Waals surface area contributed by atoms with Crippen molar-refractivity contribution in [2.24, 2.45) is 7.05 Å². The van der Waals surface area contributed by atoms with Crippen molar-refractivity contribution in [3.63, 3.8) is 0 Å². The maximum absolute atomic E-state index is 13.1. The van der Waals surface area contributed by atoms with Crippen LogP contribution < -0.4 is 5.76 Å². The molecule has 1 aliphatic rings. The zero-order valence-corrected chi connectivity index (χ0v) is 15.8. The van der Waals surface area contributed by atoms with E-state index in [9.17, 15) is 13.2 Å². The molecular weight excluding hydrogens is 372 g/mol. The van der Waals surface area contributed by atoms with Crippen LogP contribution in [0.2, 0.25) is 0 Å². The molecule has 1 fully saturated rings. The van der Waals surface area contributed by atoms with Gasteiger partial charge in [0.15, 0.2) is 5.58 Å². The van der Waals surface area contributed by atoms with Crippen molar-refractivity contribution in [1.29, 1.82) is 0 Å². The minimum atomic E-state index is -3.74. The Bertz CT molecular complexity index is 1140. The average molecular weight is 392 g/mol. The van der Waals surface area contributed by atoms with Crippen LogP contribution in [-0.2, 0) is 28.4 Å². The van der Waals surface area contributed by atoms with Crippen molar-refractivity contribution in [3.8, 4) is 0 Å². The number of rotatable bonds is 4. The molecule has 3 aromatic rings. The van der Waals surface area contributed by atoms with Crippen LogP contribution >= 0.6 is 0 Å². The summed E-state index contributed by atoms with van der Waals surface area (Å²) in [6.07, 6.45) is 3.20. The van der Waals surface area contributed by atoms with Gasteiger partial charge in [-0.1, -0.05) is 0 Å². The summed E-state index contributed by atoms with van der Waals surface area (Å²) in [7, 11) is -2.17. The van der Waals surface area contributed by atoms with Crippen molar-refractivity contribution < 1.29 is 17.6 Å². The van der Waals surface area contributed by atoms with E-state index in [1.807, 2.05) is 13.1 Å². The monoisotopic (exact) mass is 392 g/mol. The van der Waals surface area contributed by atoms with Gasteiger partial charge < -0.3 is 9.15 Å². The van der Waals surface area contributed by atoms with Crippen LogP contribution in [0.4, 0.5) is 0 Å². The van der Waals surface area contributed by atoms with Gasteiger partial charge in [-0.2, -0.15) is 9.40 Å². The minimum absolute atomic E-state index is 0.0919. The van der Waals surface area contributed by atoms with E-state index in [1.165, 1.54) is 21.0 Å². The van der Waals surface area contributed by atoms with Crippen LogP contribution in [-0.4, -0.2) is 46.8 Å². The van der Waals surface area contributed by atoms with Gasteiger partial charge in [0.2, 0.25) is 10.0 Å². The van der Waals surface area contributed by atoms with E-state index < -0.39 is 15.8 Å². The van der Waals surface area contributed by atoms with E-state index >= 15 is 0 Å². The third kappa shape index (κ3) is 3.09. The Morgan fingerprint density at radius 1 is 1.33 bits per heavy atom. The molecular formula is C17H20N4O5S. The first-order valence-corrected chi connectivity index (χ1v) is 10.1. The van der Waals surface area contributed by atoms with Crippen molar-refractivity contribution in [2.45, 2.75) is 24.5 Å². The van der Waals surface area contributed by atoms with Gasteiger partial charge in [-0.3, -0.25) is 9.25 Å². The fourth-order valence-electron chi connectivity index (χ4n) is 3.19. The molecule has 0 bridgehead atoms. The van der Waals surface area contributed by atoms with Gasteiger partial charge in [-0.05, 0) is 19.1 Å². The summed E-state index contributed by atoms with van der Waals surface area (Å²) in [4.78, 5) is 11.7. The summed E-state index contributed by atoms with van der Waals surface area (Å²) in [5, 5.41) is 4.22. The average Bonchev–Trinajstić information content (AvgIpc) is 3.26. The summed E-state index contributed by atoms with van der Waals surface area (Å²) in [5.41, 5.74) is 1.64. The van der Waals surface area contributed by atoms with E-state index in [-0.39, 0.29) is 29.7 Å². The molecule has 1 aliphatic heterocycles. The molecule has 0 N–H and O–H groups in total. The van der Waals surface area contributed by atoms with Crippen molar-refractivity contribution in [1.82, 2.24) is 18.7 Å². The largest absolute Gasteiger partial charge is 0.419 e. The van der Waals surface area contributed by atoms with Crippen LogP contribution in [0.1, 0.15) is 18.6 Å². The van der Waals surface area contributed by atoms with Crippen LogP contribution in [0, 0.1) is 0 Å². The minimum Gasteiger partial charge on any atom is -0.408 e. The first-order chi connectivity index (χ1) is 12.9. The molecule has 27 heavy (non-hydrogen) atoms. The van der Waals surface area contributed by atoms with Crippen LogP contribution in [0.15, 0.2) is 44.7 Å². The molecule has 144 valence electrons. The molecule has 0 unspecified atom stereocenters. The maximum atomic E-state index is 13.1. The normalized spacial score (nSPS) is 19.0. The molecule has 0 radical (unpaired) electrons. The number of morpholine rings is 1. The molecule has 0 amide bonds. The molecule has 1 saturated heterocycles. The van der Waals surface area contributed by atoms with Gasteiger partial charge in [0.25, 0.3) is 0 Å². The summed E-state index contributed by atoms with van der Waals surface area (Å²) < 4.78 is 41.5. The van der Waals surface area contributed by atoms with Gasteiger partial charge in [0, 0.05) is 44.5 Å². The number of nitrogens with zero attached hydrogens (tertiary/aromatic N) is 4. The quantitative estimate of drug-likeness (QED) is 0.659. The predicted molar refractivity (Wildman–Crippen MR) is 96.8 cm³/mol. The third-order valence-corrected chi connectivity index (χ3v) is 6.64. The highest BCUT2D eigenvalue weighted by molar-refractivity contribution is 7.89. The highest BCUT2D eigenvalue weighted by atomic mass is 32.2. The Hall–Kier alpha value is -2.43. The SMILES string of the molecule is CCn1cc([C@@H]2CN(S(=O)(=O)c3ccc4c(c3)oc(=O)n4C)CCO2)cn1. The standard InChI is InChI=1S/C17H20N4O5S/c1-3-20-10-12(9-18-20)16-11-21(6-7-25-16)27(23,24)13-4-5-14-15(8-13)26-17(22)19(14)2/h4-5,8-10,16H,3,6-7,11H2,1-2H3/t16-/m0/s1. The fraction of sp³-hybridized carbons (Fsp3) is 0.412. The van der Waals surface area contributed by atoms with Gasteiger partial charge in [-0.15, -0.1) is 0 Å². The molecule has 0 aliphatic carbocycles. The summed E-state index contributed by atoms with van der Waals surface area (Å²) in [6.45, 7) is 3.47. The van der Waals surface area contributed by atoms with Crippen molar-refractivity contribution in [3.05, 3.63) is 46.7 Å². The van der Waals surface area contributed by atoms with E-state index in [4.69, 9.17) is 9.15 Å². The number of aryl methyl sites for hydroxylation is 2. The second kappa shape index (κ2) is 6.63. The Kier molecular flexibility index (Phi) is 4.41. The molecule has 0 saturated carbocycles. The molecule has 4 rings (SSSR count). The number of benzene rings is 1. The Balaban J connectivity index is 1.63. The lowest BCUT2D eigenvalue weighted by Gasteiger charge is -2.31. The number of fused-ring (bicyclic) bond motifs is 1. The number of hydrogen-bond acceptors (Lipinski definition) is 6. The molecule has 1 atom stereocenters. The molecule has 10 heteroatoms. The predicted octanol–water partition coefficient (Wildman–Crippen LogP) is 1.11. The van der Waals surface area contributed by atoms with Gasteiger partial charge in [-0.25, -0.2) is 13.2 Å².